The van der Waals surface area contributed by atoms with Crippen LogP contribution in [0.5, 0.6) is 0 Å². The molecule has 0 unspecified atom stereocenters. The molecule has 0 aliphatic heterocycles. The molecule has 1 aromatic heterocycles. The summed E-state index contributed by atoms with van der Waals surface area (Å²) < 4.78 is 0.781. The number of carbonyl (C=O) groups is 1. The number of amides is 1. The molecule has 0 fully saturated rings. The monoisotopic (exact) mass is 319 g/mol. The lowest BCUT2D eigenvalue weighted by atomic mass is 10.1. The smallest absolute Gasteiger partial charge is 0.257 e. The molecule has 0 aliphatic rings. The Hall–Kier alpha value is -1.72. The fourth-order valence-corrected chi connectivity index (χ4v) is 2.08. The van der Waals surface area contributed by atoms with E-state index in [1.165, 1.54) is 0 Å². The molecule has 98 valence electrons. The van der Waals surface area contributed by atoms with Crippen molar-refractivity contribution in [2.75, 3.05) is 12.4 Å². The lowest BCUT2D eigenvalue weighted by Gasteiger charge is -2.10. The zero-order valence-corrected chi connectivity index (χ0v) is 12.1. The molecule has 2 aromatic rings. The molecule has 5 heteroatoms. The quantitative estimate of drug-likeness (QED) is 0.911. The first-order valence-electron chi connectivity index (χ1n) is 5.85. The Bertz CT molecular complexity index is 586. The fraction of sp³-hybridized carbons (Fsp3) is 0.143. The average Bonchev–Trinajstić information content (AvgIpc) is 2.41. The fourth-order valence-electron chi connectivity index (χ4n) is 1.72. The summed E-state index contributed by atoms with van der Waals surface area (Å²) >= 11 is 3.30. The van der Waals surface area contributed by atoms with Gasteiger partial charge in [0.1, 0.15) is 0 Å². The number of benzene rings is 1. The maximum atomic E-state index is 12.1. The molecule has 1 amide bonds. The van der Waals surface area contributed by atoms with E-state index in [-0.39, 0.29) is 5.91 Å². The van der Waals surface area contributed by atoms with Crippen LogP contribution in [0.15, 0.2) is 47.2 Å². The molecule has 0 bridgehead atoms. The second-order valence-corrected chi connectivity index (χ2v) is 4.95. The maximum absolute atomic E-state index is 12.1. The number of aromatic nitrogens is 1. The van der Waals surface area contributed by atoms with E-state index in [4.69, 9.17) is 0 Å². The average molecular weight is 320 g/mol. The van der Waals surface area contributed by atoms with Crippen molar-refractivity contribution in [3.63, 3.8) is 0 Å². The first kappa shape index (κ1) is 13.7. The number of hydrogen-bond acceptors (Lipinski definition) is 3. The minimum Gasteiger partial charge on any atom is -0.322 e. The van der Waals surface area contributed by atoms with Gasteiger partial charge in [0.2, 0.25) is 0 Å². The van der Waals surface area contributed by atoms with Gasteiger partial charge in [-0.1, -0.05) is 18.2 Å². The number of nitrogens with zero attached hydrogens (tertiary/aromatic N) is 1. The van der Waals surface area contributed by atoms with E-state index >= 15 is 0 Å². The summed E-state index contributed by atoms with van der Waals surface area (Å²) in [5, 5.41) is 5.97. The Kier molecular flexibility index (Phi) is 4.65. The second-order valence-electron chi connectivity index (χ2n) is 4.03. The number of hydrogen-bond donors (Lipinski definition) is 2. The van der Waals surface area contributed by atoms with Crippen molar-refractivity contribution in [2.45, 2.75) is 6.54 Å². The van der Waals surface area contributed by atoms with Crippen molar-refractivity contribution in [3.8, 4) is 0 Å². The number of halogens is 1. The van der Waals surface area contributed by atoms with Gasteiger partial charge in [0, 0.05) is 29.1 Å². The molecule has 1 heterocycles. The highest BCUT2D eigenvalue weighted by Crippen LogP contribution is 2.17. The van der Waals surface area contributed by atoms with Gasteiger partial charge in [-0.05, 0) is 40.7 Å². The van der Waals surface area contributed by atoms with E-state index in [9.17, 15) is 4.79 Å². The van der Waals surface area contributed by atoms with Crippen molar-refractivity contribution in [3.05, 3.63) is 58.3 Å². The molecule has 0 saturated carbocycles. The Labute approximate surface area is 120 Å². The first-order valence-corrected chi connectivity index (χ1v) is 6.64. The first-order chi connectivity index (χ1) is 9.20. The van der Waals surface area contributed by atoms with Crippen LogP contribution >= 0.6 is 15.9 Å². The minimum absolute atomic E-state index is 0.169. The van der Waals surface area contributed by atoms with E-state index < -0.39 is 0 Å². The Morgan fingerprint density at radius 1 is 1.32 bits per heavy atom. The van der Waals surface area contributed by atoms with Gasteiger partial charge in [0.25, 0.3) is 5.91 Å². The normalized spacial score (nSPS) is 10.2. The van der Waals surface area contributed by atoms with Gasteiger partial charge in [-0.15, -0.1) is 0 Å². The van der Waals surface area contributed by atoms with E-state index in [0.29, 0.717) is 12.1 Å². The molecule has 4 nitrogen and oxygen atoms in total. The summed E-state index contributed by atoms with van der Waals surface area (Å²) in [5.41, 5.74) is 2.37. The van der Waals surface area contributed by atoms with Gasteiger partial charge in [-0.2, -0.15) is 0 Å². The zero-order chi connectivity index (χ0) is 13.7. The molecule has 19 heavy (non-hydrogen) atoms. The lowest BCUT2D eigenvalue weighted by molar-refractivity contribution is 0.102. The third-order valence-corrected chi connectivity index (χ3v) is 3.03. The van der Waals surface area contributed by atoms with E-state index in [1.54, 1.807) is 18.5 Å². The van der Waals surface area contributed by atoms with Gasteiger partial charge in [-0.3, -0.25) is 9.78 Å². The van der Waals surface area contributed by atoms with Crippen molar-refractivity contribution in [1.29, 1.82) is 0 Å². The number of para-hydroxylation sites is 1. The number of pyridine rings is 1. The van der Waals surface area contributed by atoms with Gasteiger partial charge >= 0.3 is 0 Å². The number of carbonyl (C=O) groups excluding carboxylic acids is 1. The highest BCUT2D eigenvalue weighted by atomic mass is 79.9. The molecule has 0 saturated heterocycles. The van der Waals surface area contributed by atoms with Crippen LogP contribution in [-0.2, 0) is 6.54 Å². The third-order valence-electron chi connectivity index (χ3n) is 2.60. The van der Waals surface area contributed by atoms with E-state index in [1.807, 2.05) is 31.3 Å². The Balaban J connectivity index is 2.19. The van der Waals surface area contributed by atoms with Crippen molar-refractivity contribution in [2.24, 2.45) is 0 Å². The summed E-state index contributed by atoms with van der Waals surface area (Å²) in [4.78, 5) is 16.1. The van der Waals surface area contributed by atoms with Crippen molar-refractivity contribution >= 4 is 27.5 Å². The van der Waals surface area contributed by atoms with Crippen LogP contribution in [-0.4, -0.2) is 17.9 Å². The molecule has 1 aromatic carbocycles. The van der Waals surface area contributed by atoms with Crippen LogP contribution in [0.4, 0.5) is 5.69 Å². The van der Waals surface area contributed by atoms with E-state index in [2.05, 4.69) is 31.5 Å². The van der Waals surface area contributed by atoms with Gasteiger partial charge in [0.05, 0.1) is 5.56 Å². The minimum atomic E-state index is -0.169. The Morgan fingerprint density at radius 2 is 2.11 bits per heavy atom. The molecule has 0 radical (unpaired) electrons. The molecular weight excluding hydrogens is 306 g/mol. The number of nitrogens with one attached hydrogen (secondary N) is 2. The summed E-state index contributed by atoms with van der Waals surface area (Å²) in [5.74, 6) is -0.169. The predicted octanol–water partition coefficient (Wildman–Crippen LogP) is 2.82. The summed E-state index contributed by atoms with van der Waals surface area (Å²) in [7, 11) is 1.87. The summed E-state index contributed by atoms with van der Waals surface area (Å²) in [6.45, 7) is 0.702. The van der Waals surface area contributed by atoms with Crippen LogP contribution in [0, 0.1) is 0 Å². The van der Waals surface area contributed by atoms with Crippen LogP contribution < -0.4 is 10.6 Å². The number of rotatable bonds is 4. The summed E-state index contributed by atoms with van der Waals surface area (Å²) in [6, 6.07) is 9.45. The topological polar surface area (TPSA) is 54.0 Å². The van der Waals surface area contributed by atoms with Gasteiger partial charge in [0.15, 0.2) is 0 Å². The third kappa shape index (κ3) is 3.62. The molecule has 0 spiro atoms. The molecule has 2 rings (SSSR count). The zero-order valence-electron chi connectivity index (χ0n) is 10.5. The number of anilines is 1. The Morgan fingerprint density at radius 3 is 2.84 bits per heavy atom. The largest absolute Gasteiger partial charge is 0.322 e. The van der Waals surface area contributed by atoms with Crippen molar-refractivity contribution < 1.29 is 4.79 Å². The van der Waals surface area contributed by atoms with Crippen LogP contribution in [0.3, 0.4) is 0 Å². The van der Waals surface area contributed by atoms with Crippen molar-refractivity contribution in [1.82, 2.24) is 10.3 Å². The summed E-state index contributed by atoms with van der Waals surface area (Å²) in [6.07, 6.45) is 3.19. The lowest BCUT2D eigenvalue weighted by Crippen LogP contribution is -2.15. The van der Waals surface area contributed by atoms with Crippen LogP contribution in [0.1, 0.15) is 15.9 Å². The SMILES string of the molecule is CNCc1ccccc1NC(=O)c1cncc(Br)c1. The highest BCUT2D eigenvalue weighted by Gasteiger charge is 2.09. The van der Waals surface area contributed by atoms with Crippen LogP contribution in [0.25, 0.3) is 0 Å². The molecular formula is C14H14BrN3O. The van der Waals surface area contributed by atoms with E-state index in [0.717, 1.165) is 15.7 Å². The highest BCUT2D eigenvalue weighted by molar-refractivity contribution is 9.10. The second kappa shape index (κ2) is 6.45. The van der Waals surface area contributed by atoms with Gasteiger partial charge < -0.3 is 10.6 Å². The van der Waals surface area contributed by atoms with Crippen LogP contribution in [0.2, 0.25) is 0 Å². The molecule has 2 N–H and O–H groups in total. The standard InChI is InChI=1S/C14H14BrN3O/c1-16-7-10-4-2-3-5-13(10)18-14(19)11-6-12(15)9-17-8-11/h2-6,8-9,16H,7H2,1H3,(H,18,19). The molecule has 0 atom stereocenters. The predicted molar refractivity (Wildman–Crippen MR) is 79.1 cm³/mol. The maximum Gasteiger partial charge on any atom is 0.257 e. The van der Waals surface area contributed by atoms with Gasteiger partial charge in [-0.25, -0.2) is 0 Å². The molecule has 0 aliphatic carbocycles.